The van der Waals surface area contributed by atoms with Crippen molar-refractivity contribution in [1.82, 2.24) is 25.2 Å². The number of halogens is 1. The van der Waals surface area contributed by atoms with Crippen molar-refractivity contribution >= 4 is 11.6 Å². The maximum Gasteiger partial charge on any atom is 0.130 e. The Hall–Kier alpha value is -1.50. The van der Waals surface area contributed by atoms with Gasteiger partial charge in [-0.3, -0.25) is 25.9 Å². The first-order valence-electron chi connectivity index (χ1n) is 5.53. The molecular formula is C11H15ClN6. The van der Waals surface area contributed by atoms with Gasteiger partial charge in [0.2, 0.25) is 0 Å². The normalized spacial score (nSPS) is 12.7. The summed E-state index contributed by atoms with van der Waals surface area (Å²) >= 11 is 6.20. The number of hydrogen-bond acceptors (Lipinski definition) is 5. The fraction of sp³-hybridized carbons (Fsp3) is 0.364. The predicted octanol–water partition coefficient (Wildman–Crippen LogP) is 0.919. The molecule has 0 fully saturated rings. The summed E-state index contributed by atoms with van der Waals surface area (Å²) in [6.07, 6.45) is 5.56. The average molecular weight is 267 g/mol. The zero-order valence-corrected chi connectivity index (χ0v) is 11.0. The molecule has 2 aromatic heterocycles. The molecule has 2 aromatic rings. The summed E-state index contributed by atoms with van der Waals surface area (Å²) in [6, 6.07) is -0.140. The van der Waals surface area contributed by atoms with Gasteiger partial charge in [0.1, 0.15) is 5.15 Å². The van der Waals surface area contributed by atoms with Crippen LogP contribution < -0.4 is 11.3 Å². The topological polar surface area (TPSA) is 81.7 Å². The molecule has 0 amide bonds. The lowest BCUT2D eigenvalue weighted by Gasteiger charge is -2.14. The Morgan fingerprint density at radius 1 is 1.50 bits per heavy atom. The second-order valence-electron chi connectivity index (χ2n) is 4.03. The van der Waals surface area contributed by atoms with Crippen molar-refractivity contribution in [3.05, 3.63) is 40.7 Å². The molecule has 1 unspecified atom stereocenters. The van der Waals surface area contributed by atoms with Crippen molar-refractivity contribution in [3.63, 3.8) is 0 Å². The van der Waals surface area contributed by atoms with E-state index in [-0.39, 0.29) is 6.04 Å². The summed E-state index contributed by atoms with van der Waals surface area (Å²) < 4.78 is 1.65. The van der Waals surface area contributed by atoms with Crippen molar-refractivity contribution in [3.8, 4) is 0 Å². The quantitative estimate of drug-likeness (QED) is 0.635. The first-order valence-corrected chi connectivity index (χ1v) is 5.91. The lowest BCUT2D eigenvalue weighted by Crippen LogP contribution is -2.30. The number of nitrogens with one attached hydrogen (secondary N) is 1. The van der Waals surface area contributed by atoms with E-state index in [4.69, 9.17) is 17.4 Å². The third kappa shape index (κ3) is 2.50. The molecule has 6 nitrogen and oxygen atoms in total. The Labute approximate surface area is 110 Å². The molecule has 96 valence electrons. The van der Waals surface area contributed by atoms with Crippen LogP contribution in [-0.4, -0.2) is 19.7 Å². The van der Waals surface area contributed by atoms with E-state index in [0.29, 0.717) is 11.6 Å². The molecule has 2 heterocycles. The molecule has 0 aliphatic heterocycles. The second kappa shape index (κ2) is 5.43. The van der Waals surface area contributed by atoms with Gasteiger partial charge >= 0.3 is 0 Å². The summed E-state index contributed by atoms with van der Waals surface area (Å²) in [5.74, 6) is 5.57. The highest BCUT2D eigenvalue weighted by molar-refractivity contribution is 6.30. The van der Waals surface area contributed by atoms with Crippen LogP contribution in [0.3, 0.4) is 0 Å². The van der Waals surface area contributed by atoms with Crippen molar-refractivity contribution in [2.45, 2.75) is 19.4 Å². The number of nitrogens with two attached hydrogens (primary N) is 1. The maximum atomic E-state index is 6.20. The fourth-order valence-corrected chi connectivity index (χ4v) is 2.10. The highest BCUT2D eigenvalue weighted by Gasteiger charge is 2.18. The first-order chi connectivity index (χ1) is 8.63. The number of aryl methyl sites for hydroxylation is 2. The van der Waals surface area contributed by atoms with Crippen LogP contribution in [-0.2, 0) is 13.5 Å². The third-order valence-electron chi connectivity index (χ3n) is 2.82. The van der Waals surface area contributed by atoms with Gasteiger partial charge in [-0.2, -0.15) is 5.10 Å². The highest BCUT2D eigenvalue weighted by atomic mass is 35.5. The molecule has 0 aromatic carbocycles. The van der Waals surface area contributed by atoms with Crippen LogP contribution in [0.1, 0.15) is 23.0 Å². The SMILES string of the molecule is Cc1nn(C)c(Cl)c1CC(NN)c1cnccn1. The number of hydrazine groups is 1. The molecule has 0 aliphatic rings. The fourth-order valence-electron chi connectivity index (χ4n) is 1.85. The Kier molecular flexibility index (Phi) is 3.90. The number of nitrogens with zero attached hydrogens (tertiary/aromatic N) is 4. The Morgan fingerprint density at radius 3 is 2.78 bits per heavy atom. The van der Waals surface area contributed by atoms with E-state index in [9.17, 15) is 0 Å². The molecule has 18 heavy (non-hydrogen) atoms. The maximum absolute atomic E-state index is 6.20. The molecule has 0 saturated carbocycles. The summed E-state index contributed by atoms with van der Waals surface area (Å²) in [4.78, 5) is 8.27. The molecule has 0 radical (unpaired) electrons. The van der Waals surface area contributed by atoms with Crippen LogP contribution >= 0.6 is 11.6 Å². The van der Waals surface area contributed by atoms with E-state index in [1.165, 1.54) is 0 Å². The van der Waals surface area contributed by atoms with Gasteiger partial charge in [-0.15, -0.1) is 0 Å². The second-order valence-corrected chi connectivity index (χ2v) is 4.39. The highest BCUT2D eigenvalue weighted by Crippen LogP contribution is 2.24. The van der Waals surface area contributed by atoms with E-state index < -0.39 is 0 Å². The summed E-state index contributed by atoms with van der Waals surface area (Å²) in [7, 11) is 1.81. The van der Waals surface area contributed by atoms with Crippen LogP contribution in [0.25, 0.3) is 0 Å². The van der Waals surface area contributed by atoms with Gasteiger partial charge in [-0.05, 0) is 13.3 Å². The minimum absolute atomic E-state index is 0.140. The molecule has 0 aliphatic carbocycles. The number of aromatic nitrogens is 4. The zero-order valence-electron chi connectivity index (χ0n) is 10.3. The van der Waals surface area contributed by atoms with Gasteiger partial charge < -0.3 is 0 Å². The third-order valence-corrected chi connectivity index (χ3v) is 3.29. The van der Waals surface area contributed by atoms with Gasteiger partial charge in [0.15, 0.2) is 0 Å². The van der Waals surface area contributed by atoms with Crippen molar-refractivity contribution in [1.29, 1.82) is 0 Å². The standard InChI is InChI=1S/C11H15ClN6/c1-7-8(11(12)18(2)17-7)5-9(16-13)10-6-14-3-4-15-10/h3-4,6,9,16H,5,13H2,1-2H3. The Balaban J connectivity index is 2.26. The van der Waals surface area contributed by atoms with E-state index in [1.807, 2.05) is 14.0 Å². The van der Waals surface area contributed by atoms with Crippen LogP contribution in [0.4, 0.5) is 0 Å². The van der Waals surface area contributed by atoms with Crippen molar-refractivity contribution < 1.29 is 0 Å². The van der Waals surface area contributed by atoms with Crippen LogP contribution in [0, 0.1) is 6.92 Å². The van der Waals surface area contributed by atoms with E-state index in [2.05, 4.69) is 20.5 Å². The van der Waals surface area contributed by atoms with E-state index >= 15 is 0 Å². The molecule has 0 saturated heterocycles. The molecular weight excluding hydrogens is 252 g/mol. The minimum atomic E-state index is -0.140. The monoisotopic (exact) mass is 266 g/mol. The lowest BCUT2D eigenvalue weighted by molar-refractivity contribution is 0.535. The molecule has 3 N–H and O–H groups in total. The Morgan fingerprint density at radius 2 is 2.28 bits per heavy atom. The average Bonchev–Trinajstić information content (AvgIpc) is 2.62. The molecule has 0 spiro atoms. The molecule has 1 atom stereocenters. The molecule has 0 bridgehead atoms. The van der Waals surface area contributed by atoms with E-state index in [0.717, 1.165) is 17.0 Å². The van der Waals surface area contributed by atoms with Crippen LogP contribution in [0.15, 0.2) is 18.6 Å². The predicted molar refractivity (Wildman–Crippen MR) is 68.8 cm³/mol. The van der Waals surface area contributed by atoms with Gasteiger partial charge in [0.05, 0.1) is 23.6 Å². The van der Waals surface area contributed by atoms with Gasteiger partial charge in [-0.25, -0.2) is 0 Å². The van der Waals surface area contributed by atoms with Crippen molar-refractivity contribution in [2.24, 2.45) is 12.9 Å². The summed E-state index contributed by atoms with van der Waals surface area (Å²) in [5, 5.41) is 4.89. The van der Waals surface area contributed by atoms with Crippen molar-refractivity contribution in [2.75, 3.05) is 0 Å². The Bertz CT molecular complexity index is 524. The van der Waals surface area contributed by atoms with Gasteiger partial charge in [0.25, 0.3) is 0 Å². The minimum Gasteiger partial charge on any atom is -0.271 e. The number of rotatable bonds is 4. The van der Waals surface area contributed by atoms with Crippen LogP contribution in [0.5, 0.6) is 0 Å². The molecule has 7 heteroatoms. The van der Waals surface area contributed by atoms with Crippen LogP contribution in [0.2, 0.25) is 5.15 Å². The first kappa shape index (κ1) is 12.9. The van der Waals surface area contributed by atoms with Gasteiger partial charge in [-0.1, -0.05) is 11.6 Å². The summed E-state index contributed by atoms with van der Waals surface area (Å²) in [5.41, 5.74) is 5.37. The largest absolute Gasteiger partial charge is 0.271 e. The molecule has 2 rings (SSSR count). The smallest absolute Gasteiger partial charge is 0.130 e. The summed E-state index contributed by atoms with van der Waals surface area (Å²) in [6.45, 7) is 1.92. The number of hydrogen-bond donors (Lipinski definition) is 2. The lowest BCUT2D eigenvalue weighted by atomic mass is 10.1. The zero-order chi connectivity index (χ0) is 13.1. The van der Waals surface area contributed by atoms with Gasteiger partial charge in [0, 0.05) is 25.0 Å². The van der Waals surface area contributed by atoms with E-state index in [1.54, 1.807) is 23.3 Å².